The van der Waals surface area contributed by atoms with Crippen molar-refractivity contribution in [2.45, 2.75) is 6.32 Å². The van der Waals surface area contributed by atoms with E-state index in [1.807, 2.05) is 0 Å². The maximum absolute atomic E-state index is 13.2. The van der Waals surface area contributed by atoms with Gasteiger partial charge in [-0.1, -0.05) is 24.0 Å². The molecule has 138 valence electrons. The van der Waals surface area contributed by atoms with E-state index in [1.54, 1.807) is 48.5 Å². The highest BCUT2D eigenvalue weighted by Gasteiger charge is 2.39. The number of amides is 4. The number of imide groups is 2. The molecule has 0 saturated heterocycles. The van der Waals surface area contributed by atoms with Gasteiger partial charge in [-0.25, -0.2) is 4.90 Å². The molecule has 6 nitrogen and oxygen atoms in total. The number of carbonyl (C=O) groups excluding carboxylic acids is 4. The zero-order valence-electron chi connectivity index (χ0n) is 15.4. The molecule has 29 heavy (non-hydrogen) atoms. The predicted octanol–water partition coefficient (Wildman–Crippen LogP) is 2.53. The van der Waals surface area contributed by atoms with E-state index in [-0.39, 0.29) is 11.1 Å². The van der Waals surface area contributed by atoms with Gasteiger partial charge in [-0.15, -0.1) is 0 Å². The fourth-order valence-corrected chi connectivity index (χ4v) is 4.01. The van der Waals surface area contributed by atoms with Gasteiger partial charge >= 0.3 is 0 Å². The molecule has 0 spiro atoms. The van der Waals surface area contributed by atoms with Gasteiger partial charge < -0.3 is 0 Å². The van der Waals surface area contributed by atoms with Gasteiger partial charge in [0.15, 0.2) is 0 Å². The summed E-state index contributed by atoms with van der Waals surface area (Å²) in [5.74, 6) is -1.90. The highest BCUT2D eigenvalue weighted by Crippen LogP contribution is 2.38. The second-order valence-corrected chi connectivity index (χ2v) is 7.06. The second kappa shape index (κ2) is 5.88. The summed E-state index contributed by atoms with van der Waals surface area (Å²) in [6.07, 6.45) is 0.354. The minimum Gasteiger partial charge on any atom is -0.277 e. The molecule has 0 unspecified atom stereocenters. The molecule has 0 saturated carbocycles. The fourth-order valence-electron chi connectivity index (χ4n) is 4.01. The topological polar surface area (TPSA) is 74.8 Å². The van der Waals surface area contributed by atoms with Gasteiger partial charge in [0.2, 0.25) is 0 Å². The van der Waals surface area contributed by atoms with Crippen LogP contribution in [0.3, 0.4) is 0 Å². The second-order valence-electron chi connectivity index (χ2n) is 7.06. The van der Waals surface area contributed by atoms with Crippen LogP contribution in [0.5, 0.6) is 0 Å². The molecule has 3 aromatic carbocycles. The van der Waals surface area contributed by atoms with Crippen molar-refractivity contribution in [3.63, 3.8) is 0 Å². The molecule has 0 fully saturated rings. The van der Waals surface area contributed by atoms with Crippen LogP contribution < -0.4 is 4.90 Å². The molecule has 0 atom stereocenters. The average molecular weight is 380 g/mol. The van der Waals surface area contributed by atoms with Gasteiger partial charge in [0.05, 0.1) is 13.5 Å². The van der Waals surface area contributed by atoms with Gasteiger partial charge in [0.25, 0.3) is 23.6 Å². The largest absolute Gasteiger partial charge is 0.277 e. The molecule has 0 aromatic heterocycles. The summed E-state index contributed by atoms with van der Waals surface area (Å²) in [7, 11) is 7.03. The predicted molar refractivity (Wildman–Crippen MR) is 107 cm³/mol. The first kappa shape index (κ1) is 17.4. The first-order valence-electron chi connectivity index (χ1n) is 9.04. The number of nitrogens with zero attached hydrogens (tertiary/aromatic N) is 2. The summed E-state index contributed by atoms with van der Waals surface area (Å²) in [5, 5.41) is 0.729. The molecule has 3 aromatic rings. The Bertz CT molecular complexity index is 1210. The van der Waals surface area contributed by atoms with Crippen LogP contribution in [0.4, 0.5) is 5.69 Å². The van der Waals surface area contributed by atoms with Crippen LogP contribution in [-0.4, -0.2) is 43.4 Å². The van der Waals surface area contributed by atoms with Crippen molar-refractivity contribution in [1.29, 1.82) is 0 Å². The third kappa shape index (κ3) is 2.18. The molecule has 5 rings (SSSR count). The minimum absolute atomic E-state index is 0.285. The molecule has 0 aliphatic carbocycles. The first-order chi connectivity index (χ1) is 13.9. The Labute approximate surface area is 167 Å². The third-order valence-electron chi connectivity index (χ3n) is 5.53. The van der Waals surface area contributed by atoms with E-state index in [0.717, 1.165) is 15.4 Å². The van der Waals surface area contributed by atoms with Gasteiger partial charge in [0.1, 0.15) is 0 Å². The lowest BCUT2D eigenvalue weighted by atomic mass is 9.86. The lowest BCUT2D eigenvalue weighted by Crippen LogP contribution is -2.42. The summed E-state index contributed by atoms with van der Waals surface area (Å²) in [6.45, 7) is 0. The van der Waals surface area contributed by atoms with Gasteiger partial charge in [-0.05, 0) is 36.4 Å². The molecule has 2 aliphatic rings. The third-order valence-corrected chi connectivity index (χ3v) is 5.53. The molecular weight excluding hydrogens is 367 g/mol. The van der Waals surface area contributed by atoms with Crippen LogP contribution >= 0.6 is 0 Å². The van der Waals surface area contributed by atoms with Gasteiger partial charge in [-0.3, -0.25) is 24.1 Å². The van der Waals surface area contributed by atoms with E-state index in [2.05, 4.69) is 0 Å². The van der Waals surface area contributed by atoms with E-state index in [1.165, 1.54) is 7.05 Å². The highest BCUT2D eigenvalue weighted by atomic mass is 16.2. The Morgan fingerprint density at radius 2 is 1.07 bits per heavy atom. The summed E-state index contributed by atoms with van der Waals surface area (Å²) in [6, 6.07) is 13.0. The fraction of sp³-hybridized carbons (Fsp3) is 0.0909. The molecule has 0 N–H and O–H groups in total. The Kier molecular flexibility index (Phi) is 3.52. The maximum Gasteiger partial charge on any atom is 0.265 e. The number of hydrogen-bond donors (Lipinski definition) is 0. The van der Waals surface area contributed by atoms with Crippen LogP contribution in [0.25, 0.3) is 10.8 Å². The summed E-state index contributed by atoms with van der Waals surface area (Å²) < 4.78 is 0. The molecule has 2 heterocycles. The zero-order chi connectivity index (χ0) is 20.4. The van der Waals surface area contributed by atoms with Crippen molar-refractivity contribution >= 4 is 47.9 Å². The Morgan fingerprint density at radius 1 is 0.655 bits per heavy atom. The van der Waals surface area contributed by atoms with Crippen molar-refractivity contribution in [3.05, 3.63) is 76.3 Å². The number of rotatable bonds is 2. The lowest BCUT2D eigenvalue weighted by molar-refractivity contribution is 0.0649. The van der Waals surface area contributed by atoms with Crippen LogP contribution in [0.15, 0.2) is 48.5 Å². The Hall–Kier alpha value is -3.74. The molecule has 4 amide bonds. The van der Waals surface area contributed by atoms with Crippen molar-refractivity contribution in [2.75, 3.05) is 11.9 Å². The van der Waals surface area contributed by atoms with E-state index >= 15 is 0 Å². The number of anilines is 1. The lowest BCUT2D eigenvalue weighted by Gasteiger charge is -2.30. The van der Waals surface area contributed by atoms with Crippen molar-refractivity contribution in [3.8, 4) is 0 Å². The molecule has 2 radical (unpaired) electrons. The first-order valence-corrected chi connectivity index (χ1v) is 9.04. The van der Waals surface area contributed by atoms with E-state index in [0.29, 0.717) is 33.9 Å². The number of benzene rings is 3. The average Bonchev–Trinajstić information content (AvgIpc) is 2.75. The quantitative estimate of drug-likeness (QED) is 0.506. The molecule has 7 heteroatoms. The van der Waals surface area contributed by atoms with Crippen molar-refractivity contribution in [2.24, 2.45) is 0 Å². The maximum atomic E-state index is 13.2. The normalized spacial score (nSPS) is 15.5. The summed E-state index contributed by atoms with van der Waals surface area (Å²) in [4.78, 5) is 53.7. The molecular formula is C22H13BN2O4. The van der Waals surface area contributed by atoms with Crippen molar-refractivity contribution in [1.82, 2.24) is 4.90 Å². The van der Waals surface area contributed by atoms with Crippen LogP contribution in [0.2, 0.25) is 0 Å². The minimum atomic E-state index is -0.495. The van der Waals surface area contributed by atoms with E-state index in [9.17, 15) is 19.2 Å². The molecule has 2 aliphatic heterocycles. The van der Waals surface area contributed by atoms with Crippen molar-refractivity contribution < 1.29 is 19.2 Å². The number of carbonyl (C=O) groups is 4. The zero-order valence-corrected chi connectivity index (χ0v) is 15.4. The molecule has 0 bridgehead atoms. The Balaban J connectivity index is 1.76. The standard InChI is InChI=1S/C22H13BN2O4/c1-24-19(26)13-6-8-15-18-16(9-7-14(17(13)18)20(24)27)22(29)25(21(15)28)12-4-2-11(10-23)3-5-12/h2-9H,10H2,1H3. The highest BCUT2D eigenvalue weighted by molar-refractivity contribution is 6.39. The summed E-state index contributed by atoms with van der Waals surface area (Å²) in [5.41, 5.74) is 2.50. The van der Waals surface area contributed by atoms with Crippen LogP contribution in [0.1, 0.15) is 47.0 Å². The van der Waals surface area contributed by atoms with Gasteiger partial charge in [0, 0.05) is 40.1 Å². The monoisotopic (exact) mass is 380 g/mol. The van der Waals surface area contributed by atoms with Crippen LogP contribution in [0, 0.1) is 0 Å². The van der Waals surface area contributed by atoms with E-state index < -0.39 is 23.6 Å². The SMILES string of the molecule is [B]Cc1ccc(N2C(=O)c3ccc4c5c(ccc(c35)C2=O)C(=O)N(C)C4=O)cc1. The van der Waals surface area contributed by atoms with Crippen LogP contribution in [-0.2, 0) is 6.32 Å². The van der Waals surface area contributed by atoms with Gasteiger partial charge in [-0.2, -0.15) is 0 Å². The Morgan fingerprint density at radius 3 is 1.48 bits per heavy atom. The van der Waals surface area contributed by atoms with E-state index in [4.69, 9.17) is 7.85 Å². The summed E-state index contributed by atoms with van der Waals surface area (Å²) >= 11 is 0. The number of hydrogen-bond acceptors (Lipinski definition) is 4. The smallest absolute Gasteiger partial charge is 0.265 e.